The molecule has 0 aliphatic heterocycles. The predicted molar refractivity (Wildman–Crippen MR) is 74.5 cm³/mol. The van der Waals surface area contributed by atoms with Crippen molar-refractivity contribution < 1.29 is 8.91 Å². The second-order valence-electron chi connectivity index (χ2n) is 5.65. The lowest BCUT2D eigenvalue weighted by Gasteiger charge is -2.23. The number of nitrogens with two attached hydrogens (primary N) is 1. The van der Waals surface area contributed by atoms with Gasteiger partial charge in [0, 0.05) is 11.6 Å². The van der Waals surface area contributed by atoms with Gasteiger partial charge in [-0.3, -0.25) is 0 Å². The van der Waals surface area contributed by atoms with E-state index in [-0.39, 0.29) is 11.5 Å². The molecule has 0 amide bonds. The summed E-state index contributed by atoms with van der Waals surface area (Å²) in [5, 5.41) is 4.02. The molecule has 20 heavy (non-hydrogen) atoms. The van der Waals surface area contributed by atoms with Crippen LogP contribution in [-0.4, -0.2) is 10.1 Å². The highest BCUT2D eigenvalue weighted by Gasteiger charge is 2.24. The highest BCUT2D eigenvalue weighted by molar-refractivity contribution is 5.60. The summed E-state index contributed by atoms with van der Waals surface area (Å²) in [6, 6.07) is 4.35. The lowest BCUT2D eigenvalue weighted by molar-refractivity contribution is 0.329. The van der Waals surface area contributed by atoms with Crippen LogP contribution in [0.15, 0.2) is 22.7 Å². The molecule has 0 bridgehead atoms. The van der Waals surface area contributed by atoms with Crippen molar-refractivity contribution in [3.63, 3.8) is 0 Å². The van der Waals surface area contributed by atoms with Crippen molar-refractivity contribution in [2.24, 2.45) is 5.92 Å². The molecule has 0 unspecified atom stereocenters. The highest BCUT2D eigenvalue weighted by Crippen LogP contribution is 2.35. The van der Waals surface area contributed by atoms with Gasteiger partial charge in [0.1, 0.15) is 5.82 Å². The van der Waals surface area contributed by atoms with Gasteiger partial charge in [-0.2, -0.15) is 4.98 Å². The SMILES string of the molecule is CC1CCC(c2noc(-c3cc(N)ccc3F)n2)CC1. The van der Waals surface area contributed by atoms with Gasteiger partial charge in [-0.05, 0) is 37.0 Å². The van der Waals surface area contributed by atoms with Gasteiger partial charge >= 0.3 is 0 Å². The van der Waals surface area contributed by atoms with E-state index in [2.05, 4.69) is 17.1 Å². The zero-order chi connectivity index (χ0) is 14.1. The second-order valence-corrected chi connectivity index (χ2v) is 5.65. The number of hydrogen-bond donors (Lipinski definition) is 1. The average Bonchev–Trinajstić information content (AvgIpc) is 2.92. The molecule has 1 fully saturated rings. The summed E-state index contributed by atoms with van der Waals surface area (Å²) < 4.78 is 19.0. The number of halogens is 1. The van der Waals surface area contributed by atoms with Crippen LogP contribution in [-0.2, 0) is 0 Å². The Labute approximate surface area is 117 Å². The normalized spacial score (nSPS) is 22.9. The zero-order valence-electron chi connectivity index (χ0n) is 11.5. The maximum absolute atomic E-state index is 13.8. The van der Waals surface area contributed by atoms with Crippen molar-refractivity contribution in [3.8, 4) is 11.5 Å². The second kappa shape index (κ2) is 5.23. The molecule has 106 valence electrons. The average molecular weight is 275 g/mol. The molecule has 1 saturated carbocycles. The molecule has 0 spiro atoms. The van der Waals surface area contributed by atoms with E-state index in [9.17, 15) is 4.39 Å². The molecule has 5 heteroatoms. The number of benzene rings is 1. The molecule has 4 nitrogen and oxygen atoms in total. The van der Waals surface area contributed by atoms with Crippen molar-refractivity contribution in [3.05, 3.63) is 29.8 Å². The van der Waals surface area contributed by atoms with Crippen LogP contribution in [0.2, 0.25) is 0 Å². The van der Waals surface area contributed by atoms with Crippen molar-refractivity contribution >= 4 is 5.69 Å². The fourth-order valence-corrected chi connectivity index (χ4v) is 2.74. The number of rotatable bonds is 2. The Morgan fingerprint density at radius 2 is 2.00 bits per heavy atom. The van der Waals surface area contributed by atoms with Crippen LogP contribution in [0.25, 0.3) is 11.5 Å². The standard InChI is InChI=1S/C15H18FN3O/c1-9-2-4-10(5-3-9)14-18-15(20-19-14)12-8-11(17)6-7-13(12)16/h6-10H,2-5,17H2,1H3. The van der Waals surface area contributed by atoms with Crippen LogP contribution in [0.3, 0.4) is 0 Å². The third-order valence-corrected chi connectivity index (χ3v) is 4.04. The van der Waals surface area contributed by atoms with E-state index in [4.69, 9.17) is 10.3 Å². The summed E-state index contributed by atoms with van der Waals surface area (Å²) in [5.74, 6) is 1.60. The minimum Gasteiger partial charge on any atom is -0.399 e. The maximum atomic E-state index is 13.8. The van der Waals surface area contributed by atoms with E-state index < -0.39 is 5.82 Å². The molecule has 1 aliphatic rings. The number of nitrogens with zero attached hydrogens (tertiary/aromatic N) is 2. The van der Waals surface area contributed by atoms with Crippen LogP contribution in [0, 0.1) is 11.7 Å². The Bertz CT molecular complexity index is 603. The van der Waals surface area contributed by atoms with Gasteiger partial charge in [0.2, 0.25) is 0 Å². The molecule has 3 rings (SSSR count). The number of hydrogen-bond acceptors (Lipinski definition) is 4. The smallest absolute Gasteiger partial charge is 0.260 e. The summed E-state index contributed by atoms with van der Waals surface area (Å²) in [7, 11) is 0. The predicted octanol–water partition coefficient (Wildman–Crippen LogP) is 3.75. The summed E-state index contributed by atoms with van der Waals surface area (Å²) in [5.41, 5.74) is 6.42. The first-order valence-electron chi connectivity index (χ1n) is 7.02. The van der Waals surface area contributed by atoms with Crippen LogP contribution in [0.1, 0.15) is 44.3 Å². The fraction of sp³-hybridized carbons (Fsp3) is 0.467. The quantitative estimate of drug-likeness (QED) is 0.848. The van der Waals surface area contributed by atoms with Crippen molar-refractivity contribution in [2.45, 2.75) is 38.5 Å². The number of aromatic nitrogens is 2. The van der Waals surface area contributed by atoms with E-state index in [1.807, 2.05) is 0 Å². The van der Waals surface area contributed by atoms with Crippen molar-refractivity contribution in [1.82, 2.24) is 10.1 Å². The largest absolute Gasteiger partial charge is 0.399 e. The minimum absolute atomic E-state index is 0.212. The lowest BCUT2D eigenvalue weighted by atomic mass is 9.83. The zero-order valence-corrected chi connectivity index (χ0v) is 11.5. The molecule has 0 atom stereocenters. The van der Waals surface area contributed by atoms with E-state index in [0.717, 1.165) is 18.8 Å². The molecule has 1 heterocycles. The molecule has 1 aliphatic carbocycles. The van der Waals surface area contributed by atoms with E-state index in [1.54, 1.807) is 0 Å². The molecule has 1 aromatic carbocycles. The summed E-state index contributed by atoms with van der Waals surface area (Å²) in [4.78, 5) is 4.36. The molecule has 2 aromatic rings. The highest BCUT2D eigenvalue weighted by atomic mass is 19.1. The molecular weight excluding hydrogens is 257 g/mol. The van der Waals surface area contributed by atoms with Crippen LogP contribution >= 0.6 is 0 Å². The Morgan fingerprint density at radius 3 is 2.75 bits per heavy atom. The monoisotopic (exact) mass is 275 g/mol. The third-order valence-electron chi connectivity index (χ3n) is 4.04. The van der Waals surface area contributed by atoms with Gasteiger partial charge in [-0.15, -0.1) is 0 Å². The first kappa shape index (κ1) is 13.1. The Hall–Kier alpha value is -1.91. The summed E-state index contributed by atoms with van der Waals surface area (Å²) in [6.07, 6.45) is 4.50. The van der Waals surface area contributed by atoms with Gasteiger partial charge in [-0.1, -0.05) is 24.9 Å². The van der Waals surface area contributed by atoms with Crippen molar-refractivity contribution in [2.75, 3.05) is 5.73 Å². The summed E-state index contributed by atoms with van der Waals surface area (Å²) >= 11 is 0. The Kier molecular flexibility index (Phi) is 3.42. The Balaban J connectivity index is 1.85. The first-order chi connectivity index (χ1) is 9.63. The first-order valence-corrected chi connectivity index (χ1v) is 7.02. The van der Waals surface area contributed by atoms with Crippen LogP contribution < -0.4 is 5.73 Å². The summed E-state index contributed by atoms with van der Waals surface area (Å²) in [6.45, 7) is 2.26. The lowest BCUT2D eigenvalue weighted by Crippen LogP contribution is -2.11. The van der Waals surface area contributed by atoms with Gasteiger partial charge in [-0.25, -0.2) is 4.39 Å². The van der Waals surface area contributed by atoms with Gasteiger partial charge in [0.15, 0.2) is 5.82 Å². The molecule has 0 saturated heterocycles. The van der Waals surface area contributed by atoms with E-state index in [0.29, 0.717) is 17.4 Å². The van der Waals surface area contributed by atoms with Crippen LogP contribution in [0.5, 0.6) is 0 Å². The Morgan fingerprint density at radius 1 is 1.25 bits per heavy atom. The number of nitrogen functional groups attached to an aromatic ring is 1. The third kappa shape index (κ3) is 2.53. The topological polar surface area (TPSA) is 64.9 Å². The van der Waals surface area contributed by atoms with Gasteiger partial charge in [0.25, 0.3) is 5.89 Å². The van der Waals surface area contributed by atoms with Gasteiger partial charge < -0.3 is 10.3 Å². The molecule has 0 radical (unpaired) electrons. The van der Waals surface area contributed by atoms with E-state index >= 15 is 0 Å². The minimum atomic E-state index is -0.397. The van der Waals surface area contributed by atoms with Gasteiger partial charge in [0.05, 0.1) is 5.56 Å². The van der Waals surface area contributed by atoms with E-state index in [1.165, 1.54) is 31.0 Å². The molecular formula is C15H18FN3O. The molecule has 1 aromatic heterocycles. The fourth-order valence-electron chi connectivity index (χ4n) is 2.74. The molecule has 2 N–H and O–H groups in total. The maximum Gasteiger partial charge on any atom is 0.260 e. The van der Waals surface area contributed by atoms with Crippen LogP contribution in [0.4, 0.5) is 10.1 Å². The number of anilines is 1. The van der Waals surface area contributed by atoms with Crippen molar-refractivity contribution in [1.29, 1.82) is 0 Å².